The molecule has 0 aromatic heterocycles. The third kappa shape index (κ3) is 20.9. The topological polar surface area (TPSA) is 0 Å². The second kappa shape index (κ2) is 25.3. The van der Waals surface area contributed by atoms with Crippen LogP contribution in [0.4, 0.5) is 0 Å². The average Bonchev–Trinajstić information content (AvgIpc) is 2.83. The molecular weight excluding hydrogens is 432 g/mol. The Bertz CT molecular complexity index is 492. The Morgan fingerprint density at radius 1 is 0.333 bits per heavy atom. The van der Waals surface area contributed by atoms with Gasteiger partial charge in [0.25, 0.3) is 0 Å². The molecule has 0 aliphatic rings. The monoisotopic (exact) mass is 484 g/mol. The Hall–Kier alpha value is -1.37. The molecule has 0 fully saturated rings. The first kappa shape index (κ1) is 31.6. The zero-order chi connectivity index (χ0) is 24.3. The summed E-state index contributed by atoms with van der Waals surface area (Å²) in [6, 6.07) is 0. The molecule has 0 spiro atoms. The van der Waals surface area contributed by atoms with Gasteiger partial charge in [0.05, 0.1) is 0 Å². The first-order chi connectivity index (χ1) is 16.2. The quantitative estimate of drug-likeness (QED) is 0.0726. The van der Waals surface area contributed by atoms with Gasteiger partial charge in [0.1, 0.15) is 0 Å². The fourth-order valence-electron chi connectivity index (χ4n) is 3.82. The molecule has 0 heterocycles. The van der Waals surface area contributed by atoms with Crippen LogP contribution >= 0.6 is 0 Å². The van der Waals surface area contributed by atoms with Gasteiger partial charge >= 0.3 is 212 Å². The predicted octanol–water partition coefficient (Wildman–Crippen LogP) is 11.5. The van der Waals surface area contributed by atoms with Crippen LogP contribution in [0.25, 0.3) is 0 Å². The van der Waals surface area contributed by atoms with Crippen LogP contribution in [0.5, 0.6) is 0 Å². The maximum atomic E-state index is 3.84. The first-order valence-electron chi connectivity index (χ1n) is 13.3. The molecule has 1 heteroatoms. The molecule has 0 rings (SSSR count). The molecule has 184 valence electrons. The number of unbranched alkanes of at least 4 members (excludes halogenated alkanes) is 8. The Morgan fingerprint density at radius 2 is 0.576 bits per heavy atom. The van der Waals surface area contributed by atoms with Crippen molar-refractivity contribution in [2.75, 3.05) is 0 Å². The summed E-state index contributed by atoms with van der Waals surface area (Å²) >= 11 is -2.11. The van der Waals surface area contributed by atoms with Gasteiger partial charge in [-0.2, -0.15) is 0 Å². The maximum absolute atomic E-state index is 3.84. The summed E-state index contributed by atoms with van der Waals surface area (Å²) in [6.45, 7) is 15.4. The molecule has 0 amide bonds. The van der Waals surface area contributed by atoms with E-state index in [0.717, 1.165) is 25.7 Å². The summed E-state index contributed by atoms with van der Waals surface area (Å²) < 4.78 is 5.27. The van der Waals surface area contributed by atoms with E-state index in [4.69, 9.17) is 0 Å². The van der Waals surface area contributed by atoms with E-state index in [0.29, 0.717) is 0 Å². The molecule has 0 aromatic carbocycles. The van der Waals surface area contributed by atoms with Gasteiger partial charge in [0, 0.05) is 0 Å². The van der Waals surface area contributed by atoms with E-state index in [-0.39, 0.29) is 0 Å². The summed E-state index contributed by atoms with van der Waals surface area (Å²) in [7, 11) is 0. The molecular formula is C32H52Ti. The zero-order valence-corrected chi connectivity index (χ0v) is 23.1. The van der Waals surface area contributed by atoms with Crippen molar-refractivity contribution >= 4 is 0 Å². The van der Waals surface area contributed by atoms with Gasteiger partial charge in [0.2, 0.25) is 0 Å². The first-order valence-corrected chi connectivity index (χ1v) is 17.7. The van der Waals surface area contributed by atoms with Crippen LogP contribution in [-0.4, -0.2) is 0 Å². The van der Waals surface area contributed by atoms with Crippen molar-refractivity contribution in [1.29, 1.82) is 0 Å². The SMILES string of the molecule is C=CCCCC=C[CH2][Ti]([CH2]C=CCCCC=C)([CH2]C=CCCCC=C)[CH2]C=CCCCC=C. The number of hydrogen-bond acceptors (Lipinski definition) is 0. The Balaban J connectivity index is 5.24. The van der Waals surface area contributed by atoms with E-state index in [9.17, 15) is 0 Å². The summed E-state index contributed by atoms with van der Waals surface area (Å²) in [5, 5.41) is 0. The molecule has 0 bridgehead atoms. The van der Waals surface area contributed by atoms with Crippen molar-refractivity contribution in [2.45, 2.75) is 96.0 Å². The van der Waals surface area contributed by atoms with Crippen LogP contribution in [0, 0.1) is 0 Å². The second-order valence-electron chi connectivity index (χ2n) is 9.08. The van der Waals surface area contributed by atoms with E-state index < -0.39 is 16.6 Å². The van der Waals surface area contributed by atoms with Gasteiger partial charge in [-0.1, -0.05) is 0 Å². The summed E-state index contributed by atoms with van der Waals surface area (Å²) in [6.07, 6.45) is 42.0. The van der Waals surface area contributed by atoms with Crippen molar-refractivity contribution in [1.82, 2.24) is 0 Å². The van der Waals surface area contributed by atoms with Crippen molar-refractivity contribution in [3.8, 4) is 0 Å². The standard InChI is InChI=1S/4C8H13.Ti/c4*1-3-5-7-8-6-4-2;/h4*3-5H,1-2,6-8H2;. The van der Waals surface area contributed by atoms with E-state index in [1.807, 2.05) is 24.3 Å². The van der Waals surface area contributed by atoms with Crippen molar-refractivity contribution in [3.05, 3.63) is 99.2 Å². The average molecular weight is 485 g/mol. The fourth-order valence-corrected chi connectivity index (χ4v) is 9.55. The zero-order valence-electron chi connectivity index (χ0n) is 21.6. The second-order valence-corrected chi connectivity index (χ2v) is 16.3. The third-order valence-electron chi connectivity index (χ3n) is 5.99. The number of hydrogen-bond donors (Lipinski definition) is 0. The molecule has 0 saturated heterocycles. The van der Waals surface area contributed by atoms with Crippen LogP contribution in [0.1, 0.15) is 77.0 Å². The molecule has 0 radical (unpaired) electrons. The Labute approximate surface area is 211 Å². The van der Waals surface area contributed by atoms with E-state index in [2.05, 4.69) is 74.9 Å². The molecule has 0 saturated carbocycles. The van der Waals surface area contributed by atoms with Gasteiger partial charge in [-0.15, -0.1) is 0 Å². The Kier molecular flexibility index (Phi) is 24.2. The van der Waals surface area contributed by atoms with Crippen molar-refractivity contribution in [2.24, 2.45) is 0 Å². The minimum absolute atomic E-state index is 1.12. The van der Waals surface area contributed by atoms with Crippen LogP contribution < -0.4 is 0 Å². The summed E-state index contributed by atoms with van der Waals surface area (Å²) in [5.74, 6) is 0. The van der Waals surface area contributed by atoms with E-state index in [1.165, 1.54) is 70.3 Å². The minimum atomic E-state index is -2.11. The summed E-state index contributed by atoms with van der Waals surface area (Å²) in [5.41, 5.74) is 0. The van der Waals surface area contributed by atoms with Crippen LogP contribution in [-0.2, 0) is 16.6 Å². The van der Waals surface area contributed by atoms with Crippen LogP contribution in [0.2, 0.25) is 18.9 Å². The van der Waals surface area contributed by atoms with Gasteiger partial charge in [-0.05, 0) is 0 Å². The third-order valence-corrected chi connectivity index (χ3v) is 12.9. The molecule has 0 N–H and O–H groups in total. The van der Waals surface area contributed by atoms with E-state index >= 15 is 0 Å². The molecule has 0 aliphatic carbocycles. The van der Waals surface area contributed by atoms with Crippen LogP contribution in [0.15, 0.2) is 99.2 Å². The van der Waals surface area contributed by atoms with Gasteiger partial charge in [-0.3, -0.25) is 0 Å². The van der Waals surface area contributed by atoms with Crippen molar-refractivity contribution in [3.63, 3.8) is 0 Å². The number of rotatable bonds is 24. The van der Waals surface area contributed by atoms with Gasteiger partial charge in [0.15, 0.2) is 0 Å². The molecule has 0 atom stereocenters. The van der Waals surface area contributed by atoms with Gasteiger partial charge < -0.3 is 0 Å². The molecule has 33 heavy (non-hydrogen) atoms. The molecule has 0 nitrogen and oxygen atoms in total. The molecule has 0 unspecified atom stereocenters. The predicted molar refractivity (Wildman–Crippen MR) is 152 cm³/mol. The number of allylic oxidation sites excluding steroid dienone is 12. The van der Waals surface area contributed by atoms with Crippen LogP contribution in [0.3, 0.4) is 0 Å². The Morgan fingerprint density at radius 3 is 0.788 bits per heavy atom. The normalized spacial score (nSPS) is 13.8. The molecule has 0 aliphatic heterocycles. The van der Waals surface area contributed by atoms with Gasteiger partial charge in [-0.25, -0.2) is 0 Å². The summed E-state index contributed by atoms with van der Waals surface area (Å²) in [4.78, 5) is 0. The fraction of sp³-hybridized carbons (Fsp3) is 0.500. The van der Waals surface area contributed by atoms with Crippen molar-refractivity contribution < 1.29 is 16.6 Å². The molecule has 0 aromatic rings. The van der Waals surface area contributed by atoms with E-state index in [1.54, 1.807) is 0 Å².